The number of rotatable bonds is 6. The van der Waals surface area contributed by atoms with Gasteiger partial charge in [0, 0.05) is 16.6 Å². The first-order chi connectivity index (χ1) is 8.45. The second kappa shape index (κ2) is 7.07. The molecule has 0 saturated heterocycles. The van der Waals surface area contributed by atoms with E-state index in [1.165, 1.54) is 0 Å². The molecule has 1 atom stereocenters. The van der Waals surface area contributed by atoms with Gasteiger partial charge < -0.3 is 14.8 Å². The molecule has 1 aromatic carbocycles. The van der Waals surface area contributed by atoms with Crippen molar-refractivity contribution in [2.24, 2.45) is 5.92 Å². The number of benzene rings is 1. The average Bonchev–Trinajstić information content (AvgIpc) is 2.35. The summed E-state index contributed by atoms with van der Waals surface area (Å²) in [7, 11) is 0.201. The van der Waals surface area contributed by atoms with Gasteiger partial charge in [0.25, 0.3) is 0 Å². The van der Waals surface area contributed by atoms with E-state index in [1.807, 2.05) is 11.8 Å². The van der Waals surface area contributed by atoms with E-state index in [0.717, 1.165) is 17.1 Å². The molecule has 0 saturated carbocycles. The Hall–Kier alpha value is -0.645. The molecule has 3 nitrogen and oxygen atoms in total. The molecular weight excluding hydrogens is 247 g/mol. The summed E-state index contributed by atoms with van der Waals surface area (Å²) in [5, 5.41) is 18.9. The number of hydrogen-bond acceptors (Lipinski definition) is 4. The van der Waals surface area contributed by atoms with Gasteiger partial charge in [-0.25, -0.2) is 0 Å². The zero-order valence-electron chi connectivity index (χ0n) is 11.4. The zero-order valence-corrected chi connectivity index (χ0v) is 12.2. The fraction of sp³-hybridized carbons (Fsp3) is 0.538. The van der Waals surface area contributed by atoms with E-state index in [1.54, 1.807) is 25.3 Å². The van der Waals surface area contributed by atoms with Gasteiger partial charge in [-0.3, -0.25) is 0 Å². The standard InChI is InChI=1S/C13H21BO3S/c1-9(2)10(3)18-8-11-7-12(14(15)16)5-6-13(11)17-4/h5-7,9-10,15-16H,8H2,1-4H3. The van der Waals surface area contributed by atoms with Crippen LogP contribution in [0.2, 0.25) is 0 Å². The minimum Gasteiger partial charge on any atom is -0.496 e. The molecule has 0 amide bonds. The molecule has 0 bridgehead atoms. The highest BCUT2D eigenvalue weighted by molar-refractivity contribution is 7.99. The monoisotopic (exact) mass is 268 g/mol. The molecule has 0 aliphatic heterocycles. The summed E-state index contributed by atoms with van der Waals surface area (Å²) in [5.74, 6) is 2.22. The Morgan fingerprint density at radius 3 is 2.44 bits per heavy atom. The third kappa shape index (κ3) is 4.23. The van der Waals surface area contributed by atoms with Gasteiger partial charge in [-0.1, -0.05) is 32.9 Å². The van der Waals surface area contributed by atoms with E-state index < -0.39 is 7.12 Å². The first-order valence-corrected chi connectivity index (χ1v) is 7.15. The zero-order chi connectivity index (χ0) is 13.7. The predicted molar refractivity (Wildman–Crippen MR) is 78.4 cm³/mol. The Morgan fingerprint density at radius 2 is 1.94 bits per heavy atom. The summed E-state index contributed by atoms with van der Waals surface area (Å²) in [6.45, 7) is 6.60. The maximum atomic E-state index is 9.19. The second-order valence-corrected chi connectivity index (χ2v) is 6.07. The number of hydrogen-bond donors (Lipinski definition) is 2. The molecule has 0 aliphatic rings. The van der Waals surface area contributed by atoms with Crippen molar-refractivity contribution in [3.63, 3.8) is 0 Å². The van der Waals surface area contributed by atoms with Crippen molar-refractivity contribution < 1.29 is 14.8 Å². The van der Waals surface area contributed by atoms with Crippen LogP contribution >= 0.6 is 11.8 Å². The molecule has 5 heteroatoms. The van der Waals surface area contributed by atoms with Crippen LogP contribution < -0.4 is 10.2 Å². The molecule has 0 radical (unpaired) electrons. The van der Waals surface area contributed by atoms with Crippen LogP contribution in [-0.4, -0.2) is 29.5 Å². The van der Waals surface area contributed by atoms with E-state index in [9.17, 15) is 10.0 Å². The minimum atomic E-state index is -1.43. The summed E-state index contributed by atoms with van der Waals surface area (Å²) in [6.07, 6.45) is 0. The molecule has 0 fully saturated rings. The van der Waals surface area contributed by atoms with Crippen molar-refractivity contribution >= 4 is 24.3 Å². The highest BCUT2D eigenvalue weighted by Crippen LogP contribution is 2.27. The molecule has 0 heterocycles. The maximum Gasteiger partial charge on any atom is 0.488 e. The van der Waals surface area contributed by atoms with Gasteiger partial charge in [0.05, 0.1) is 7.11 Å². The second-order valence-electron chi connectivity index (χ2n) is 4.71. The lowest BCUT2D eigenvalue weighted by Crippen LogP contribution is -2.30. The first kappa shape index (κ1) is 15.4. The SMILES string of the molecule is COc1ccc(B(O)O)cc1CSC(C)C(C)C. The Bertz CT molecular complexity index is 382. The third-order valence-corrected chi connectivity index (χ3v) is 4.59. The Labute approximate surface area is 114 Å². The van der Waals surface area contributed by atoms with Gasteiger partial charge in [0.1, 0.15) is 5.75 Å². The summed E-state index contributed by atoms with van der Waals surface area (Å²) < 4.78 is 5.30. The largest absolute Gasteiger partial charge is 0.496 e. The van der Waals surface area contributed by atoms with Crippen LogP contribution in [0.3, 0.4) is 0 Å². The number of thioether (sulfide) groups is 1. The van der Waals surface area contributed by atoms with E-state index in [-0.39, 0.29) is 0 Å². The van der Waals surface area contributed by atoms with Crippen LogP contribution in [0.5, 0.6) is 5.75 Å². The average molecular weight is 268 g/mol. The van der Waals surface area contributed by atoms with Crippen molar-refractivity contribution in [2.75, 3.05) is 7.11 Å². The van der Waals surface area contributed by atoms with Crippen molar-refractivity contribution in [1.29, 1.82) is 0 Å². The maximum absolute atomic E-state index is 9.19. The van der Waals surface area contributed by atoms with Crippen LogP contribution in [0.25, 0.3) is 0 Å². The highest BCUT2D eigenvalue weighted by Gasteiger charge is 2.15. The molecule has 18 heavy (non-hydrogen) atoms. The highest BCUT2D eigenvalue weighted by atomic mass is 32.2. The van der Waals surface area contributed by atoms with Crippen LogP contribution in [0.15, 0.2) is 18.2 Å². The van der Waals surface area contributed by atoms with Crippen LogP contribution in [0.1, 0.15) is 26.3 Å². The lowest BCUT2D eigenvalue weighted by Gasteiger charge is -2.16. The quantitative estimate of drug-likeness (QED) is 0.770. The molecule has 0 spiro atoms. The normalized spacial score (nSPS) is 12.6. The molecule has 1 aromatic rings. The van der Waals surface area contributed by atoms with Crippen molar-refractivity contribution in [3.05, 3.63) is 23.8 Å². The molecule has 0 aromatic heterocycles. The summed E-state index contributed by atoms with van der Waals surface area (Å²) >= 11 is 1.84. The van der Waals surface area contributed by atoms with Crippen LogP contribution in [0, 0.1) is 5.92 Å². The fourth-order valence-corrected chi connectivity index (χ4v) is 2.54. The van der Waals surface area contributed by atoms with Crippen molar-refractivity contribution in [1.82, 2.24) is 0 Å². The predicted octanol–water partition coefficient (Wildman–Crippen LogP) is 1.65. The topological polar surface area (TPSA) is 49.7 Å². The van der Waals surface area contributed by atoms with E-state index >= 15 is 0 Å². The van der Waals surface area contributed by atoms with Crippen molar-refractivity contribution in [2.45, 2.75) is 31.8 Å². The van der Waals surface area contributed by atoms with Gasteiger partial charge in [-0.15, -0.1) is 0 Å². The number of ether oxygens (including phenoxy) is 1. The lowest BCUT2D eigenvalue weighted by atomic mass is 9.79. The fourth-order valence-electron chi connectivity index (χ4n) is 1.49. The minimum absolute atomic E-state index is 0.503. The summed E-state index contributed by atoms with van der Waals surface area (Å²) in [5.41, 5.74) is 1.50. The van der Waals surface area contributed by atoms with E-state index in [0.29, 0.717) is 16.6 Å². The molecule has 1 unspecified atom stereocenters. The number of methoxy groups -OCH3 is 1. The molecule has 1 rings (SSSR count). The smallest absolute Gasteiger partial charge is 0.488 e. The van der Waals surface area contributed by atoms with Crippen LogP contribution in [-0.2, 0) is 5.75 Å². The van der Waals surface area contributed by atoms with Gasteiger partial charge in [0.15, 0.2) is 0 Å². The molecule has 100 valence electrons. The molecule has 0 aliphatic carbocycles. The van der Waals surface area contributed by atoms with Gasteiger partial charge in [-0.2, -0.15) is 11.8 Å². The van der Waals surface area contributed by atoms with Gasteiger partial charge >= 0.3 is 7.12 Å². The molecule has 2 N–H and O–H groups in total. The van der Waals surface area contributed by atoms with E-state index in [2.05, 4.69) is 20.8 Å². The third-order valence-electron chi connectivity index (χ3n) is 3.04. The Balaban J connectivity index is 2.81. The lowest BCUT2D eigenvalue weighted by molar-refractivity contribution is 0.410. The van der Waals surface area contributed by atoms with E-state index in [4.69, 9.17) is 4.74 Å². The first-order valence-electron chi connectivity index (χ1n) is 6.10. The van der Waals surface area contributed by atoms with Crippen molar-refractivity contribution in [3.8, 4) is 5.75 Å². The molecular formula is C13H21BO3S. The Kier molecular flexibility index (Phi) is 6.05. The Morgan fingerprint density at radius 1 is 1.28 bits per heavy atom. The van der Waals surface area contributed by atoms with Crippen LogP contribution in [0.4, 0.5) is 0 Å². The summed E-state index contributed by atoms with van der Waals surface area (Å²) in [4.78, 5) is 0. The van der Waals surface area contributed by atoms with Gasteiger partial charge in [-0.05, 0) is 17.4 Å². The van der Waals surface area contributed by atoms with Gasteiger partial charge in [0.2, 0.25) is 0 Å². The summed E-state index contributed by atoms with van der Waals surface area (Å²) in [6, 6.07) is 5.25.